The number of nitrogens with two attached hydrogens (primary N) is 1. The minimum Gasteiger partial charge on any atom is -1.00 e. The van der Waals surface area contributed by atoms with Crippen LogP contribution in [0.25, 0.3) is 0 Å². The Labute approximate surface area is 81.5 Å². The molecule has 0 aliphatic rings. The van der Waals surface area contributed by atoms with Crippen LogP contribution in [0.4, 0.5) is 0 Å². The van der Waals surface area contributed by atoms with Gasteiger partial charge in [-0.2, -0.15) is 0 Å². The van der Waals surface area contributed by atoms with Crippen molar-refractivity contribution in [3.63, 3.8) is 0 Å². The van der Waals surface area contributed by atoms with Gasteiger partial charge in [0.2, 0.25) is 0 Å². The average molecular weight is 145 g/mol. The van der Waals surface area contributed by atoms with Crippen molar-refractivity contribution < 1.29 is 12.4 Å². The number of rotatable bonds is 1. The Hall–Kier alpha value is 0.690. The Balaban J connectivity index is -0.0000000600. The van der Waals surface area contributed by atoms with E-state index >= 15 is 0 Å². The van der Waals surface area contributed by atoms with Gasteiger partial charge < -0.3 is 13.3 Å². The van der Waals surface area contributed by atoms with E-state index in [1.54, 1.807) is 6.92 Å². The molecule has 1 atom stereocenters. The predicted octanol–water partition coefficient (Wildman–Crippen LogP) is -0.649. The Morgan fingerprint density at radius 3 is 2.25 bits per heavy atom. The monoisotopic (exact) mass is 145 g/mol. The molecule has 0 aliphatic heterocycles. The zero-order valence-electron chi connectivity index (χ0n) is 7.18. The van der Waals surface area contributed by atoms with E-state index in [2.05, 4.69) is 4.74 Å². The first-order chi connectivity index (χ1) is 3.18. The van der Waals surface area contributed by atoms with Crippen molar-refractivity contribution in [2.45, 2.75) is 13.0 Å². The van der Waals surface area contributed by atoms with E-state index in [1.165, 1.54) is 7.11 Å². The molecule has 0 rings (SSSR count). The molecule has 2 N–H and O–H groups in total. The standard InChI is InChI=1S/C4H9NO2.Ca.2H/c1-3(5)4(6)7-2;;;/h3H,5H2,1-2H3;;;/q;+2;2*-1/t3-;;;/m0.../s1. The summed E-state index contributed by atoms with van der Waals surface area (Å²) in [4.78, 5) is 10.2. The molecule has 0 aliphatic carbocycles. The van der Waals surface area contributed by atoms with Crippen LogP contribution < -0.4 is 5.73 Å². The zero-order valence-corrected chi connectivity index (χ0v) is 7.39. The predicted molar refractivity (Wildman–Crippen MR) is 33.6 cm³/mol. The molecule has 0 radical (unpaired) electrons. The molecule has 0 spiro atoms. The van der Waals surface area contributed by atoms with Crippen LogP contribution in [0.15, 0.2) is 0 Å². The van der Waals surface area contributed by atoms with Crippen LogP contribution in [0.5, 0.6) is 0 Å². The van der Waals surface area contributed by atoms with Crippen LogP contribution in [0.3, 0.4) is 0 Å². The summed E-state index contributed by atoms with van der Waals surface area (Å²) in [6.07, 6.45) is 0. The van der Waals surface area contributed by atoms with Gasteiger partial charge in [0.15, 0.2) is 0 Å². The van der Waals surface area contributed by atoms with Crippen LogP contribution >= 0.6 is 0 Å². The van der Waals surface area contributed by atoms with Crippen molar-refractivity contribution in [2.75, 3.05) is 7.11 Å². The van der Waals surface area contributed by atoms with Gasteiger partial charge in [0.25, 0.3) is 0 Å². The number of carbonyl (C=O) groups excluding carboxylic acids is 1. The molecular weight excluding hydrogens is 134 g/mol. The Morgan fingerprint density at radius 1 is 1.88 bits per heavy atom. The third-order valence-electron chi connectivity index (χ3n) is 0.573. The van der Waals surface area contributed by atoms with Crippen LogP contribution in [-0.4, -0.2) is 56.9 Å². The van der Waals surface area contributed by atoms with E-state index in [0.29, 0.717) is 0 Å². The number of carbonyl (C=O) groups is 1. The number of hydrogen-bond acceptors (Lipinski definition) is 3. The summed E-state index contributed by atoms with van der Waals surface area (Å²) >= 11 is 0. The third kappa shape index (κ3) is 4.84. The van der Waals surface area contributed by atoms with E-state index < -0.39 is 6.04 Å². The normalized spacial score (nSPS) is 11.4. The maximum atomic E-state index is 10.2. The molecule has 8 heavy (non-hydrogen) atoms. The van der Waals surface area contributed by atoms with E-state index in [0.717, 1.165) is 0 Å². The van der Waals surface area contributed by atoms with Crippen molar-refractivity contribution in [1.82, 2.24) is 0 Å². The number of hydrogen-bond donors (Lipinski definition) is 1. The molecule has 0 bridgehead atoms. The topological polar surface area (TPSA) is 52.3 Å². The van der Waals surface area contributed by atoms with Crippen molar-refractivity contribution in [2.24, 2.45) is 5.73 Å². The van der Waals surface area contributed by atoms with E-state index in [-0.39, 0.29) is 46.6 Å². The number of methoxy groups -OCH3 is 1. The summed E-state index contributed by atoms with van der Waals surface area (Å²) < 4.78 is 4.25. The molecule has 0 unspecified atom stereocenters. The van der Waals surface area contributed by atoms with E-state index in [9.17, 15) is 4.79 Å². The number of esters is 1. The minimum absolute atomic E-state index is 0. The van der Waals surface area contributed by atoms with Gasteiger partial charge in [0, 0.05) is 0 Å². The van der Waals surface area contributed by atoms with Crippen LogP contribution in [-0.2, 0) is 9.53 Å². The van der Waals surface area contributed by atoms with Crippen molar-refractivity contribution in [3.05, 3.63) is 0 Å². The van der Waals surface area contributed by atoms with Gasteiger partial charge in [-0.3, -0.25) is 4.79 Å². The second kappa shape index (κ2) is 5.82. The largest absolute Gasteiger partial charge is 2.00 e. The average Bonchev–Trinajstić information content (AvgIpc) is 1.65. The second-order valence-electron chi connectivity index (χ2n) is 1.31. The summed E-state index contributed by atoms with van der Waals surface area (Å²) in [5.41, 5.74) is 5.07. The van der Waals surface area contributed by atoms with Crippen LogP contribution in [0.1, 0.15) is 9.78 Å². The fourth-order valence-corrected chi connectivity index (χ4v) is 0.186. The first kappa shape index (κ1) is 11.5. The van der Waals surface area contributed by atoms with E-state index in [1.807, 2.05) is 0 Å². The summed E-state index contributed by atoms with van der Waals surface area (Å²) in [5.74, 6) is -0.375. The van der Waals surface area contributed by atoms with Crippen molar-refractivity contribution in [1.29, 1.82) is 0 Å². The Bertz CT molecular complexity index is 81.7. The van der Waals surface area contributed by atoms with Gasteiger partial charge in [-0.25, -0.2) is 0 Å². The van der Waals surface area contributed by atoms with Crippen LogP contribution in [0.2, 0.25) is 0 Å². The first-order valence-corrected chi connectivity index (χ1v) is 2.02. The molecule has 0 saturated carbocycles. The minimum atomic E-state index is -0.495. The first-order valence-electron chi connectivity index (χ1n) is 2.02. The van der Waals surface area contributed by atoms with Gasteiger partial charge in [0.1, 0.15) is 6.04 Å². The molecular formula is C4H11CaNO2. The quantitative estimate of drug-likeness (QED) is 0.394. The molecule has 0 aromatic carbocycles. The van der Waals surface area contributed by atoms with Crippen molar-refractivity contribution >= 4 is 43.7 Å². The molecule has 0 fully saturated rings. The van der Waals surface area contributed by atoms with Gasteiger partial charge in [-0.1, -0.05) is 0 Å². The molecule has 4 heteroatoms. The smallest absolute Gasteiger partial charge is 1.00 e. The Morgan fingerprint density at radius 2 is 2.25 bits per heavy atom. The fourth-order valence-electron chi connectivity index (χ4n) is 0.186. The molecule has 0 aromatic heterocycles. The summed E-state index contributed by atoms with van der Waals surface area (Å²) in [5, 5.41) is 0. The second-order valence-corrected chi connectivity index (χ2v) is 1.31. The molecule has 0 saturated heterocycles. The number of ether oxygens (including phenoxy) is 1. The molecule has 0 aromatic rings. The Kier molecular flexibility index (Phi) is 8.35. The molecule has 0 heterocycles. The molecule has 46 valence electrons. The van der Waals surface area contributed by atoms with Gasteiger partial charge in [0.05, 0.1) is 7.11 Å². The van der Waals surface area contributed by atoms with Gasteiger partial charge >= 0.3 is 43.7 Å². The van der Waals surface area contributed by atoms with E-state index in [4.69, 9.17) is 5.73 Å². The maximum absolute atomic E-state index is 10.2. The van der Waals surface area contributed by atoms with Gasteiger partial charge in [-0.15, -0.1) is 0 Å². The molecule has 0 amide bonds. The van der Waals surface area contributed by atoms with Crippen LogP contribution in [0, 0.1) is 0 Å². The summed E-state index contributed by atoms with van der Waals surface area (Å²) in [6.45, 7) is 1.58. The maximum Gasteiger partial charge on any atom is 2.00 e. The third-order valence-corrected chi connectivity index (χ3v) is 0.573. The summed E-state index contributed by atoms with van der Waals surface area (Å²) in [7, 11) is 1.31. The van der Waals surface area contributed by atoms with Crippen molar-refractivity contribution in [3.8, 4) is 0 Å². The SMILES string of the molecule is COC(=O)[C@H](C)N.[Ca+2].[H-].[H-]. The molecule has 3 nitrogen and oxygen atoms in total. The van der Waals surface area contributed by atoms with Gasteiger partial charge in [-0.05, 0) is 6.92 Å². The summed E-state index contributed by atoms with van der Waals surface area (Å²) in [6, 6.07) is -0.495. The zero-order chi connectivity index (χ0) is 5.86. The fraction of sp³-hybridized carbons (Fsp3) is 0.750.